The summed E-state index contributed by atoms with van der Waals surface area (Å²) in [5.74, 6) is -3.30. The molecule has 3 amide bonds. The van der Waals surface area contributed by atoms with Gasteiger partial charge >= 0.3 is 5.97 Å². The molecule has 5 unspecified atom stereocenters. The number of imidazole rings is 1. The van der Waals surface area contributed by atoms with Crippen molar-refractivity contribution < 1.29 is 24.3 Å². The van der Waals surface area contributed by atoms with Crippen LogP contribution in [0.4, 0.5) is 0 Å². The number of nitrogens with two attached hydrogens (primary N) is 2. The van der Waals surface area contributed by atoms with E-state index in [1.54, 1.807) is 6.92 Å². The van der Waals surface area contributed by atoms with Gasteiger partial charge in [-0.3, -0.25) is 14.4 Å². The molecule has 0 fully saturated rings. The van der Waals surface area contributed by atoms with Crippen LogP contribution < -0.4 is 27.4 Å². The zero-order valence-electron chi connectivity index (χ0n) is 19.6. The second-order valence-electron chi connectivity index (χ2n) is 8.19. The van der Waals surface area contributed by atoms with Gasteiger partial charge in [-0.15, -0.1) is 0 Å². The average Bonchev–Trinajstić information content (AvgIpc) is 3.32. The normalized spacial score (nSPS) is 15.4. The van der Waals surface area contributed by atoms with Gasteiger partial charge in [-0.1, -0.05) is 26.7 Å². The SMILES string of the molecule is CCC(C)C(NC(=O)C(N)CCCCN)C(=O)NC(CS)C(=O)NC(Cc1cnc[nH]1)C(=O)O. The summed E-state index contributed by atoms with van der Waals surface area (Å²) in [4.78, 5) is 56.4. The fraction of sp³-hybridized carbons (Fsp3) is 0.667. The third-order valence-corrected chi connectivity index (χ3v) is 5.87. The smallest absolute Gasteiger partial charge is 0.326 e. The van der Waals surface area contributed by atoms with Crippen LogP contribution in [0, 0.1) is 5.92 Å². The van der Waals surface area contributed by atoms with E-state index >= 15 is 0 Å². The molecule has 0 bridgehead atoms. The van der Waals surface area contributed by atoms with Gasteiger partial charge in [-0.2, -0.15) is 12.6 Å². The number of aliphatic carboxylic acids is 1. The number of aromatic amines is 1. The first-order chi connectivity index (χ1) is 16.1. The number of carbonyl (C=O) groups excluding carboxylic acids is 3. The van der Waals surface area contributed by atoms with E-state index in [4.69, 9.17) is 11.5 Å². The lowest BCUT2D eigenvalue weighted by Crippen LogP contribution is -2.59. The maximum Gasteiger partial charge on any atom is 0.326 e. The van der Waals surface area contributed by atoms with Crippen molar-refractivity contribution in [1.82, 2.24) is 25.9 Å². The molecule has 0 saturated heterocycles. The Morgan fingerprint density at radius 3 is 2.32 bits per heavy atom. The van der Waals surface area contributed by atoms with Gasteiger partial charge in [0.2, 0.25) is 17.7 Å². The predicted molar refractivity (Wildman–Crippen MR) is 130 cm³/mol. The molecule has 0 aliphatic rings. The van der Waals surface area contributed by atoms with Gasteiger partial charge in [0.25, 0.3) is 0 Å². The van der Waals surface area contributed by atoms with Gasteiger partial charge in [0.05, 0.1) is 12.4 Å². The molecule has 0 spiro atoms. The number of amides is 3. The first kappa shape index (κ1) is 29.4. The summed E-state index contributed by atoms with van der Waals surface area (Å²) in [6.45, 7) is 4.17. The molecular weight excluding hydrogens is 462 g/mol. The minimum absolute atomic E-state index is 0.0120. The number of carboxylic acids is 1. The summed E-state index contributed by atoms with van der Waals surface area (Å²) < 4.78 is 0. The largest absolute Gasteiger partial charge is 0.480 e. The highest BCUT2D eigenvalue weighted by molar-refractivity contribution is 7.80. The second kappa shape index (κ2) is 15.3. The third kappa shape index (κ3) is 9.69. The molecule has 0 radical (unpaired) electrons. The fourth-order valence-corrected chi connectivity index (χ4v) is 3.40. The van der Waals surface area contributed by atoms with Crippen molar-refractivity contribution in [2.45, 2.75) is 70.1 Å². The van der Waals surface area contributed by atoms with Gasteiger partial charge < -0.3 is 37.5 Å². The van der Waals surface area contributed by atoms with Crippen LogP contribution in [0.5, 0.6) is 0 Å². The number of nitrogens with one attached hydrogen (secondary N) is 4. The number of unbranched alkanes of at least 4 members (excludes halogenated alkanes) is 1. The molecular formula is C21H37N7O5S. The molecule has 13 heteroatoms. The lowest BCUT2D eigenvalue weighted by molar-refractivity contribution is -0.142. The maximum atomic E-state index is 13.0. The Bertz CT molecular complexity index is 792. The van der Waals surface area contributed by atoms with E-state index in [0.717, 1.165) is 6.42 Å². The van der Waals surface area contributed by atoms with Crippen LogP contribution in [0.2, 0.25) is 0 Å². The molecule has 0 aliphatic carbocycles. The zero-order valence-corrected chi connectivity index (χ0v) is 20.5. The fourth-order valence-electron chi connectivity index (χ4n) is 3.15. The van der Waals surface area contributed by atoms with E-state index in [0.29, 0.717) is 31.5 Å². The van der Waals surface area contributed by atoms with Crippen LogP contribution in [0.15, 0.2) is 12.5 Å². The van der Waals surface area contributed by atoms with Crippen molar-refractivity contribution in [2.75, 3.05) is 12.3 Å². The second-order valence-corrected chi connectivity index (χ2v) is 8.55. The highest BCUT2D eigenvalue weighted by Crippen LogP contribution is 2.10. The van der Waals surface area contributed by atoms with Crippen molar-refractivity contribution in [1.29, 1.82) is 0 Å². The van der Waals surface area contributed by atoms with E-state index in [1.807, 2.05) is 6.92 Å². The lowest BCUT2D eigenvalue weighted by atomic mass is 9.97. The van der Waals surface area contributed by atoms with E-state index in [-0.39, 0.29) is 18.1 Å². The number of rotatable bonds is 16. The van der Waals surface area contributed by atoms with Gasteiger partial charge in [-0.25, -0.2) is 9.78 Å². The Morgan fingerprint density at radius 1 is 1.12 bits per heavy atom. The van der Waals surface area contributed by atoms with E-state index in [2.05, 4.69) is 38.5 Å². The molecule has 192 valence electrons. The topological polar surface area (TPSA) is 205 Å². The number of nitrogens with zero attached hydrogens (tertiary/aromatic N) is 1. The van der Waals surface area contributed by atoms with Gasteiger partial charge in [0, 0.05) is 24.1 Å². The van der Waals surface area contributed by atoms with Crippen molar-refractivity contribution in [3.8, 4) is 0 Å². The highest BCUT2D eigenvalue weighted by Gasteiger charge is 2.32. The summed E-state index contributed by atoms with van der Waals surface area (Å²) in [6.07, 6.45) is 5.31. The van der Waals surface area contributed by atoms with Crippen LogP contribution in [-0.2, 0) is 25.6 Å². The van der Waals surface area contributed by atoms with Crippen molar-refractivity contribution in [3.63, 3.8) is 0 Å². The number of hydrogen-bond donors (Lipinski definition) is 8. The number of thiol groups is 1. The van der Waals surface area contributed by atoms with Gasteiger partial charge in [0.1, 0.15) is 18.1 Å². The third-order valence-electron chi connectivity index (χ3n) is 5.51. The predicted octanol–water partition coefficient (Wildman–Crippen LogP) is -1.08. The zero-order chi connectivity index (χ0) is 25.7. The summed E-state index contributed by atoms with van der Waals surface area (Å²) in [5, 5.41) is 17.1. The molecule has 1 aromatic heterocycles. The first-order valence-electron chi connectivity index (χ1n) is 11.3. The summed E-state index contributed by atoms with van der Waals surface area (Å²) in [7, 11) is 0. The maximum absolute atomic E-state index is 13.0. The van der Waals surface area contributed by atoms with Gasteiger partial charge in [-0.05, 0) is 25.3 Å². The average molecular weight is 500 g/mol. The van der Waals surface area contributed by atoms with Crippen molar-refractivity contribution in [3.05, 3.63) is 18.2 Å². The molecule has 1 heterocycles. The van der Waals surface area contributed by atoms with Gasteiger partial charge in [0.15, 0.2) is 0 Å². The molecule has 12 nitrogen and oxygen atoms in total. The molecule has 0 aliphatic heterocycles. The lowest BCUT2D eigenvalue weighted by Gasteiger charge is -2.27. The van der Waals surface area contributed by atoms with Crippen LogP contribution >= 0.6 is 12.6 Å². The molecule has 34 heavy (non-hydrogen) atoms. The van der Waals surface area contributed by atoms with E-state index < -0.39 is 47.9 Å². The van der Waals surface area contributed by atoms with Crippen LogP contribution in [0.3, 0.4) is 0 Å². The number of carboxylic acid groups (broad SMARTS) is 1. The number of H-pyrrole nitrogens is 1. The Morgan fingerprint density at radius 2 is 1.79 bits per heavy atom. The van der Waals surface area contributed by atoms with Crippen LogP contribution in [0.25, 0.3) is 0 Å². The van der Waals surface area contributed by atoms with E-state index in [1.165, 1.54) is 12.5 Å². The van der Waals surface area contributed by atoms with Crippen molar-refractivity contribution >= 4 is 36.3 Å². The Kier molecular flexibility index (Phi) is 13.2. The molecule has 0 aromatic carbocycles. The van der Waals surface area contributed by atoms with Crippen LogP contribution in [-0.4, -0.2) is 75.2 Å². The number of hydrogen-bond acceptors (Lipinski definition) is 8. The summed E-state index contributed by atoms with van der Waals surface area (Å²) >= 11 is 4.13. The van der Waals surface area contributed by atoms with E-state index in [9.17, 15) is 24.3 Å². The summed E-state index contributed by atoms with van der Waals surface area (Å²) in [6, 6.07) is -4.05. The Balaban J connectivity index is 2.82. The Labute approximate surface area is 204 Å². The minimum atomic E-state index is -1.24. The minimum Gasteiger partial charge on any atom is -0.480 e. The quantitative estimate of drug-likeness (QED) is 0.103. The monoisotopic (exact) mass is 499 g/mol. The number of aromatic nitrogens is 2. The van der Waals surface area contributed by atoms with Crippen molar-refractivity contribution in [2.24, 2.45) is 17.4 Å². The summed E-state index contributed by atoms with van der Waals surface area (Å²) in [5.41, 5.74) is 11.9. The molecule has 1 aromatic rings. The first-order valence-corrected chi connectivity index (χ1v) is 11.9. The highest BCUT2D eigenvalue weighted by atomic mass is 32.1. The molecule has 1 rings (SSSR count). The molecule has 9 N–H and O–H groups in total. The Hall–Kier alpha value is -2.64. The molecule has 5 atom stereocenters. The number of carbonyl (C=O) groups is 4. The standard InChI is InChI=1S/C21H37N7O5S/c1-3-12(2)17(28-18(29)14(23)6-4-5-7-22)20(31)27-16(10-34)19(30)26-15(21(32)33)8-13-9-24-11-25-13/h9,11-12,14-17,34H,3-8,10,22-23H2,1-2H3,(H,24,25)(H,26,30)(H,27,31)(H,28,29)(H,32,33). The molecule has 0 saturated carbocycles. The van der Waals surface area contributed by atoms with Crippen LogP contribution in [0.1, 0.15) is 45.2 Å².